The fourth-order valence-corrected chi connectivity index (χ4v) is 3.28. The summed E-state index contributed by atoms with van der Waals surface area (Å²) >= 11 is 0. The molecule has 0 spiro atoms. The zero-order chi connectivity index (χ0) is 20.9. The average molecular weight is 406 g/mol. The van der Waals surface area contributed by atoms with Gasteiger partial charge in [-0.3, -0.25) is 0 Å². The lowest BCUT2D eigenvalue weighted by Gasteiger charge is -2.17. The first kappa shape index (κ1) is 21.5. The smallest absolute Gasteiger partial charge is 0.383 e. The monoisotopic (exact) mass is 406 g/mol. The summed E-state index contributed by atoms with van der Waals surface area (Å²) in [6.07, 6.45) is 4.75. The Morgan fingerprint density at radius 1 is 1.17 bits per heavy atom. The van der Waals surface area contributed by atoms with Gasteiger partial charge in [-0.25, -0.2) is 4.79 Å². The van der Waals surface area contributed by atoms with E-state index in [2.05, 4.69) is 6.92 Å². The van der Waals surface area contributed by atoms with Gasteiger partial charge >= 0.3 is 5.63 Å². The first-order chi connectivity index (χ1) is 13.9. The molecule has 0 amide bonds. The van der Waals surface area contributed by atoms with Crippen LogP contribution in [-0.4, -0.2) is 36.8 Å². The molecule has 1 aromatic heterocycles. The predicted octanol–water partition coefficient (Wildman–Crippen LogP) is 4.38. The van der Waals surface area contributed by atoms with Crippen molar-refractivity contribution in [3.05, 3.63) is 28.6 Å². The Kier molecular flexibility index (Phi) is 7.03. The number of hydrogen-bond acceptors (Lipinski definition) is 7. The van der Waals surface area contributed by atoms with Gasteiger partial charge in [0.05, 0.1) is 31.3 Å². The summed E-state index contributed by atoms with van der Waals surface area (Å²) in [5.41, 5.74) is -0.439. The van der Waals surface area contributed by atoms with Crippen molar-refractivity contribution in [2.24, 2.45) is 0 Å². The largest absolute Gasteiger partial charge is 0.504 e. The van der Waals surface area contributed by atoms with Gasteiger partial charge in [0.2, 0.25) is 5.75 Å². The van der Waals surface area contributed by atoms with Gasteiger partial charge in [0, 0.05) is 12.5 Å². The average Bonchev–Trinajstić information content (AvgIpc) is 3.02. The molecule has 2 aromatic rings. The van der Waals surface area contributed by atoms with E-state index < -0.39 is 11.4 Å². The van der Waals surface area contributed by atoms with Crippen molar-refractivity contribution in [1.82, 2.24) is 0 Å². The molecule has 29 heavy (non-hydrogen) atoms. The zero-order valence-corrected chi connectivity index (χ0v) is 17.4. The molecule has 7 nitrogen and oxygen atoms in total. The van der Waals surface area contributed by atoms with Gasteiger partial charge in [-0.2, -0.15) is 0 Å². The topological polar surface area (TPSA) is 87.4 Å². The van der Waals surface area contributed by atoms with E-state index in [1.165, 1.54) is 0 Å². The molecule has 1 atom stereocenters. The van der Waals surface area contributed by atoms with Crippen molar-refractivity contribution in [3.8, 4) is 17.2 Å². The third kappa shape index (κ3) is 5.64. The molecule has 0 aliphatic carbocycles. The molecule has 160 valence electrons. The molecule has 2 heterocycles. The minimum Gasteiger partial charge on any atom is -0.504 e. The first-order valence-corrected chi connectivity index (χ1v) is 10.3. The second-order valence-electron chi connectivity index (χ2n) is 7.72. The Bertz CT molecular complexity index is 871. The SMILES string of the molecule is CCCCCCOc1c(O)c2ccc(OCCC3COC(C)(C)O3)cc2oc1=O. The van der Waals surface area contributed by atoms with Crippen LogP contribution in [0.1, 0.15) is 52.9 Å². The second kappa shape index (κ2) is 9.50. The summed E-state index contributed by atoms with van der Waals surface area (Å²) in [5.74, 6) is -0.336. The predicted molar refractivity (Wildman–Crippen MR) is 109 cm³/mol. The van der Waals surface area contributed by atoms with Crippen LogP contribution in [0.2, 0.25) is 0 Å². The van der Waals surface area contributed by atoms with Gasteiger partial charge in [-0.1, -0.05) is 26.2 Å². The van der Waals surface area contributed by atoms with E-state index in [1.807, 2.05) is 13.8 Å². The van der Waals surface area contributed by atoms with Crippen LogP contribution in [-0.2, 0) is 9.47 Å². The van der Waals surface area contributed by atoms with Gasteiger partial charge < -0.3 is 28.5 Å². The molecule has 3 rings (SSSR count). The van der Waals surface area contributed by atoms with Gasteiger partial charge in [0.1, 0.15) is 11.3 Å². The van der Waals surface area contributed by atoms with E-state index in [0.29, 0.717) is 37.4 Å². The molecular formula is C22H30O7. The molecule has 1 fully saturated rings. The highest BCUT2D eigenvalue weighted by Crippen LogP contribution is 2.33. The van der Waals surface area contributed by atoms with Gasteiger partial charge in [0.25, 0.3) is 0 Å². The Balaban J connectivity index is 1.61. The Morgan fingerprint density at radius 2 is 2.00 bits per heavy atom. The zero-order valence-electron chi connectivity index (χ0n) is 17.4. The Hall–Kier alpha value is -2.25. The Labute approximate surface area is 170 Å². The number of hydrogen-bond donors (Lipinski definition) is 1. The number of benzene rings is 1. The normalized spacial score (nSPS) is 18.2. The third-order valence-electron chi connectivity index (χ3n) is 4.83. The maximum atomic E-state index is 12.2. The molecule has 0 bridgehead atoms. The van der Waals surface area contributed by atoms with Crippen LogP contribution in [0.5, 0.6) is 17.2 Å². The highest BCUT2D eigenvalue weighted by atomic mass is 16.7. The summed E-state index contributed by atoms with van der Waals surface area (Å²) in [4.78, 5) is 12.2. The third-order valence-corrected chi connectivity index (χ3v) is 4.83. The molecule has 1 N–H and O–H groups in total. The van der Waals surface area contributed by atoms with E-state index in [1.54, 1.807) is 18.2 Å². The summed E-state index contributed by atoms with van der Waals surface area (Å²) in [7, 11) is 0. The summed E-state index contributed by atoms with van der Waals surface area (Å²) in [6, 6.07) is 4.98. The van der Waals surface area contributed by atoms with Crippen LogP contribution in [0.25, 0.3) is 11.0 Å². The highest BCUT2D eigenvalue weighted by molar-refractivity contribution is 5.86. The number of ether oxygens (including phenoxy) is 4. The second-order valence-corrected chi connectivity index (χ2v) is 7.72. The van der Waals surface area contributed by atoms with Crippen LogP contribution in [0, 0.1) is 0 Å². The fourth-order valence-electron chi connectivity index (χ4n) is 3.28. The van der Waals surface area contributed by atoms with Gasteiger partial charge in [-0.05, 0) is 32.4 Å². The number of rotatable bonds is 10. The molecule has 1 aliphatic heterocycles. The van der Waals surface area contributed by atoms with Gasteiger partial charge in [-0.15, -0.1) is 0 Å². The van der Waals surface area contributed by atoms with Crippen molar-refractivity contribution in [3.63, 3.8) is 0 Å². The lowest BCUT2D eigenvalue weighted by atomic mass is 10.2. The van der Waals surface area contributed by atoms with Crippen LogP contribution < -0.4 is 15.1 Å². The lowest BCUT2D eigenvalue weighted by molar-refractivity contribution is -0.139. The summed E-state index contributed by atoms with van der Waals surface area (Å²) < 4.78 is 27.8. The van der Waals surface area contributed by atoms with Crippen LogP contribution in [0.15, 0.2) is 27.4 Å². The molecule has 1 aromatic carbocycles. The quantitative estimate of drug-likeness (QED) is 0.463. The molecule has 7 heteroatoms. The Morgan fingerprint density at radius 3 is 2.72 bits per heavy atom. The number of fused-ring (bicyclic) bond motifs is 1. The van der Waals surface area contributed by atoms with E-state index in [4.69, 9.17) is 23.4 Å². The minimum atomic E-state index is -0.693. The molecular weight excluding hydrogens is 376 g/mol. The lowest BCUT2D eigenvalue weighted by Crippen LogP contribution is -2.22. The fraction of sp³-hybridized carbons (Fsp3) is 0.591. The maximum Gasteiger partial charge on any atom is 0.383 e. The van der Waals surface area contributed by atoms with Crippen molar-refractivity contribution in [2.45, 2.75) is 64.8 Å². The van der Waals surface area contributed by atoms with Crippen molar-refractivity contribution < 1.29 is 28.5 Å². The van der Waals surface area contributed by atoms with E-state index in [9.17, 15) is 9.90 Å². The van der Waals surface area contributed by atoms with E-state index in [-0.39, 0.29) is 23.2 Å². The summed E-state index contributed by atoms with van der Waals surface area (Å²) in [5, 5.41) is 10.8. The standard InChI is InChI=1S/C22H30O7/c1-4-5-6-7-11-26-20-19(23)17-9-8-15(13-18(17)28-21(20)24)25-12-10-16-14-27-22(2,3)29-16/h8-9,13,16,23H,4-7,10-12,14H2,1-3H3. The summed E-state index contributed by atoms with van der Waals surface area (Å²) in [6.45, 7) is 7.24. The molecule has 0 radical (unpaired) electrons. The van der Waals surface area contributed by atoms with E-state index >= 15 is 0 Å². The minimum absolute atomic E-state index is 0.00975. The molecule has 1 saturated heterocycles. The number of unbranched alkanes of at least 4 members (excludes halogenated alkanes) is 3. The van der Waals surface area contributed by atoms with E-state index in [0.717, 1.165) is 25.7 Å². The van der Waals surface area contributed by atoms with Crippen LogP contribution in [0.4, 0.5) is 0 Å². The van der Waals surface area contributed by atoms with Crippen LogP contribution >= 0.6 is 0 Å². The van der Waals surface area contributed by atoms with Crippen molar-refractivity contribution in [1.29, 1.82) is 0 Å². The molecule has 1 aliphatic rings. The molecule has 0 saturated carbocycles. The van der Waals surface area contributed by atoms with Crippen molar-refractivity contribution in [2.75, 3.05) is 19.8 Å². The van der Waals surface area contributed by atoms with Crippen molar-refractivity contribution >= 4 is 11.0 Å². The van der Waals surface area contributed by atoms with Crippen LogP contribution in [0.3, 0.4) is 0 Å². The maximum absolute atomic E-state index is 12.2. The highest BCUT2D eigenvalue weighted by Gasteiger charge is 2.32. The first-order valence-electron chi connectivity index (χ1n) is 10.3. The number of aromatic hydroxyl groups is 1. The van der Waals surface area contributed by atoms with Gasteiger partial charge in [0.15, 0.2) is 11.5 Å². The molecule has 1 unspecified atom stereocenters.